The lowest BCUT2D eigenvalue weighted by Crippen LogP contribution is -2.38. The van der Waals surface area contributed by atoms with Gasteiger partial charge in [-0.25, -0.2) is 0 Å². The number of nitrogens with zero attached hydrogens (tertiary/aromatic N) is 2. The van der Waals surface area contributed by atoms with Gasteiger partial charge in [0.1, 0.15) is 6.29 Å². The van der Waals surface area contributed by atoms with Crippen molar-refractivity contribution < 1.29 is 13.6 Å². The molecule has 3 unspecified atom stereocenters. The molecule has 3 atom stereocenters. The normalized spacial score (nSPS) is 20.4. The molecule has 31 heavy (non-hydrogen) atoms. The van der Waals surface area contributed by atoms with Gasteiger partial charge in [-0.1, -0.05) is 44.0 Å². The van der Waals surface area contributed by atoms with Crippen molar-refractivity contribution in [3.05, 3.63) is 35.4 Å². The maximum Gasteiger partial charge on any atom is 0.137 e. The van der Waals surface area contributed by atoms with E-state index in [9.17, 15) is 13.6 Å². The Bertz CT molecular complexity index is 693. The third-order valence-electron chi connectivity index (χ3n) is 6.84. The van der Waals surface area contributed by atoms with E-state index in [2.05, 4.69) is 35.8 Å². The van der Waals surface area contributed by atoms with Crippen LogP contribution in [0.4, 0.5) is 0 Å². The highest BCUT2D eigenvalue weighted by Gasteiger charge is 2.22. The zero-order chi connectivity index (χ0) is 22.9. The number of likely N-dealkylation sites (N-methyl/N-ethyl adjacent to an activating group) is 1. The van der Waals surface area contributed by atoms with Gasteiger partial charge in [-0.15, -0.1) is 0 Å². The Balaban J connectivity index is 1.81. The largest absolute Gasteiger partial charge is 0.772 e. The lowest BCUT2D eigenvalue weighted by molar-refractivity contribution is -0.112. The van der Waals surface area contributed by atoms with Gasteiger partial charge in [0.05, 0.1) is 10.8 Å². The van der Waals surface area contributed by atoms with Gasteiger partial charge in [0, 0.05) is 6.04 Å². The predicted molar refractivity (Wildman–Crippen MR) is 128 cm³/mol. The number of hydrogen-bond donors (Lipinski definition) is 0. The lowest BCUT2D eigenvalue weighted by atomic mass is 9.98. The summed E-state index contributed by atoms with van der Waals surface area (Å²) in [5, 5.41) is 0. The van der Waals surface area contributed by atoms with Crippen LogP contribution in [0.3, 0.4) is 0 Å². The van der Waals surface area contributed by atoms with Crippen LogP contribution in [0.15, 0.2) is 24.3 Å². The molecule has 1 aliphatic rings. The summed E-state index contributed by atoms with van der Waals surface area (Å²) in [6, 6.07) is 8.56. The first kappa shape index (κ1) is 26.2. The van der Waals surface area contributed by atoms with Gasteiger partial charge in [-0.2, -0.15) is 0 Å². The molecule has 0 N–H and O–H groups in total. The second-order valence-corrected chi connectivity index (χ2v) is 10.9. The average Bonchev–Trinajstić information content (AvgIpc) is 2.98. The molecule has 1 saturated heterocycles. The van der Waals surface area contributed by atoms with Crippen molar-refractivity contribution in [2.24, 2.45) is 0 Å². The van der Waals surface area contributed by atoms with Crippen molar-refractivity contribution in [1.82, 2.24) is 9.80 Å². The molecule has 1 aromatic carbocycles. The minimum absolute atomic E-state index is 0.121. The summed E-state index contributed by atoms with van der Waals surface area (Å²) in [5.41, 5.74) is 2.06. The van der Waals surface area contributed by atoms with Gasteiger partial charge in [0.25, 0.3) is 0 Å². The Labute approximate surface area is 191 Å². The van der Waals surface area contributed by atoms with Crippen molar-refractivity contribution in [3.8, 4) is 0 Å². The van der Waals surface area contributed by atoms with E-state index in [0.29, 0.717) is 6.04 Å². The minimum atomic E-state index is -2.14. The third-order valence-corrected chi connectivity index (χ3v) is 7.91. The van der Waals surface area contributed by atoms with Crippen LogP contribution < -0.4 is 0 Å². The van der Waals surface area contributed by atoms with Gasteiger partial charge in [-0.3, -0.25) is 9.11 Å². The molecule has 1 aliphatic heterocycles. The number of carbonyl (C=O) groups is 1. The number of unbranched alkanes of at least 4 members (excludes halogenated alkanes) is 1. The number of rotatable bonds is 12. The van der Waals surface area contributed by atoms with Crippen molar-refractivity contribution in [2.75, 3.05) is 26.2 Å². The molecule has 0 amide bonds. The first-order valence-corrected chi connectivity index (χ1v) is 13.0. The number of hydrogen-bond acceptors (Lipinski definition) is 5. The zero-order valence-corrected chi connectivity index (χ0v) is 20.7. The fourth-order valence-corrected chi connectivity index (χ4v) is 4.88. The standard InChI is InChI=1S/C25H42N2O3S/c1-5-26(16-9-10-18-27-17-8-6-7-11-24(27)20-28)21(2)19-22-12-14-23(15-13-22)25(3,4)31(29)30/h12-15,20-21,24H,5-11,16-19H2,1-4H3,(H,29,30)/p-1. The van der Waals surface area contributed by atoms with Crippen LogP contribution >= 0.6 is 0 Å². The quantitative estimate of drug-likeness (QED) is 0.271. The number of likely N-dealkylation sites (tertiary alicyclic amines) is 1. The molecule has 0 aliphatic carbocycles. The summed E-state index contributed by atoms with van der Waals surface area (Å²) in [5.74, 6) is 0. The summed E-state index contributed by atoms with van der Waals surface area (Å²) in [6.07, 6.45) is 9.02. The molecular weight excluding hydrogens is 408 g/mol. The molecule has 6 heteroatoms. The third kappa shape index (κ3) is 7.77. The molecule has 0 bridgehead atoms. The lowest BCUT2D eigenvalue weighted by Gasteiger charge is -2.30. The smallest absolute Gasteiger partial charge is 0.137 e. The predicted octanol–water partition coefficient (Wildman–Crippen LogP) is 4.28. The van der Waals surface area contributed by atoms with E-state index < -0.39 is 15.8 Å². The highest BCUT2D eigenvalue weighted by atomic mass is 32.2. The molecular formula is C25H41N2O3S-. The van der Waals surface area contributed by atoms with Gasteiger partial charge >= 0.3 is 0 Å². The van der Waals surface area contributed by atoms with E-state index in [-0.39, 0.29) is 6.04 Å². The van der Waals surface area contributed by atoms with Crippen LogP contribution in [-0.4, -0.2) is 63.1 Å². The highest BCUT2D eigenvalue weighted by Crippen LogP contribution is 2.26. The fraction of sp³-hybridized carbons (Fsp3) is 0.720. The maximum absolute atomic E-state index is 11.5. The molecule has 1 fully saturated rings. The molecule has 176 valence electrons. The van der Waals surface area contributed by atoms with Crippen LogP contribution in [0.5, 0.6) is 0 Å². The van der Waals surface area contributed by atoms with Crippen LogP contribution in [0.1, 0.15) is 77.3 Å². The summed E-state index contributed by atoms with van der Waals surface area (Å²) in [4.78, 5) is 16.3. The van der Waals surface area contributed by atoms with E-state index in [1.807, 2.05) is 12.1 Å². The highest BCUT2D eigenvalue weighted by molar-refractivity contribution is 7.80. The van der Waals surface area contributed by atoms with Crippen LogP contribution in [0, 0.1) is 0 Å². The number of carbonyl (C=O) groups excluding carboxylic acids is 1. The van der Waals surface area contributed by atoms with Crippen molar-refractivity contribution in [1.29, 1.82) is 0 Å². The van der Waals surface area contributed by atoms with E-state index in [4.69, 9.17) is 0 Å². The first-order valence-electron chi connectivity index (χ1n) is 11.9. The Hall–Kier alpha value is -1.08. The monoisotopic (exact) mass is 449 g/mol. The SMILES string of the molecule is CCN(CCCCN1CCCCCC1C=O)C(C)Cc1ccc(C(C)(C)S(=O)[O-])cc1. The zero-order valence-electron chi connectivity index (χ0n) is 19.8. The topological polar surface area (TPSA) is 63.7 Å². The summed E-state index contributed by atoms with van der Waals surface area (Å²) in [7, 11) is 0. The van der Waals surface area contributed by atoms with E-state index in [1.165, 1.54) is 24.8 Å². The van der Waals surface area contributed by atoms with Gasteiger partial charge in [-0.05, 0) is 101 Å². The molecule has 1 aromatic rings. The summed E-state index contributed by atoms with van der Waals surface area (Å²) >= 11 is -2.14. The van der Waals surface area contributed by atoms with Crippen LogP contribution in [0.2, 0.25) is 0 Å². The molecule has 0 aromatic heterocycles. The Morgan fingerprint density at radius 3 is 2.55 bits per heavy atom. The molecule has 1 heterocycles. The van der Waals surface area contributed by atoms with Crippen LogP contribution in [-0.2, 0) is 27.0 Å². The van der Waals surface area contributed by atoms with Gasteiger partial charge in [0.2, 0.25) is 0 Å². The average molecular weight is 450 g/mol. The van der Waals surface area contributed by atoms with Gasteiger partial charge < -0.3 is 14.2 Å². The molecule has 2 rings (SSSR count). The van der Waals surface area contributed by atoms with E-state index >= 15 is 0 Å². The first-order chi connectivity index (χ1) is 14.8. The van der Waals surface area contributed by atoms with Crippen molar-refractivity contribution >= 4 is 17.4 Å². The molecule has 0 spiro atoms. The molecule has 0 radical (unpaired) electrons. The Morgan fingerprint density at radius 2 is 1.94 bits per heavy atom. The van der Waals surface area contributed by atoms with Crippen molar-refractivity contribution in [3.63, 3.8) is 0 Å². The second kappa shape index (κ2) is 12.8. The van der Waals surface area contributed by atoms with Crippen LogP contribution in [0.25, 0.3) is 0 Å². The number of aldehydes is 1. The Kier molecular flexibility index (Phi) is 10.8. The summed E-state index contributed by atoms with van der Waals surface area (Å²) < 4.78 is 22.1. The van der Waals surface area contributed by atoms with Crippen molar-refractivity contribution in [2.45, 2.75) is 89.5 Å². The van der Waals surface area contributed by atoms with E-state index in [1.54, 1.807) is 13.8 Å². The van der Waals surface area contributed by atoms with E-state index in [0.717, 1.165) is 63.7 Å². The Morgan fingerprint density at radius 1 is 1.23 bits per heavy atom. The number of benzene rings is 1. The molecule has 0 saturated carbocycles. The second-order valence-electron chi connectivity index (χ2n) is 9.42. The minimum Gasteiger partial charge on any atom is -0.772 e. The fourth-order valence-electron chi connectivity index (χ4n) is 4.55. The summed E-state index contributed by atoms with van der Waals surface area (Å²) in [6.45, 7) is 12.1. The maximum atomic E-state index is 11.5. The van der Waals surface area contributed by atoms with Gasteiger partial charge in [0.15, 0.2) is 0 Å². The molecule has 5 nitrogen and oxygen atoms in total.